The Morgan fingerprint density at radius 2 is 1.88 bits per heavy atom. The maximum atomic E-state index is 12.6. The van der Waals surface area contributed by atoms with Crippen molar-refractivity contribution in [3.8, 4) is 0 Å². The number of nitrogens with zero attached hydrogens (tertiary/aromatic N) is 3. The van der Waals surface area contributed by atoms with E-state index in [9.17, 15) is 4.79 Å². The second-order valence-corrected chi connectivity index (χ2v) is 8.62. The molecule has 0 aliphatic carbocycles. The Morgan fingerprint density at radius 1 is 1.15 bits per heavy atom. The molecule has 1 saturated heterocycles. The first-order chi connectivity index (χ1) is 12.4. The van der Waals surface area contributed by atoms with Crippen molar-refractivity contribution < 1.29 is 9.32 Å². The topological polar surface area (TPSA) is 49.6 Å². The molecule has 0 N–H and O–H groups in total. The Bertz CT molecular complexity index is 785. The first-order valence-corrected chi connectivity index (χ1v) is 10.5. The van der Waals surface area contributed by atoms with Gasteiger partial charge in [-0.3, -0.25) is 9.69 Å². The van der Waals surface area contributed by atoms with Gasteiger partial charge in [0.05, 0.1) is 18.0 Å². The van der Waals surface area contributed by atoms with Gasteiger partial charge in [-0.25, -0.2) is 0 Å². The minimum Gasteiger partial charge on any atom is -0.360 e. The molecule has 0 unspecified atom stereocenters. The summed E-state index contributed by atoms with van der Waals surface area (Å²) in [6, 6.07) is 6.23. The molecule has 1 aromatic heterocycles. The van der Waals surface area contributed by atoms with Crippen molar-refractivity contribution in [2.45, 2.75) is 32.2 Å². The van der Waals surface area contributed by atoms with Crippen molar-refractivity contribution in [1.29, 1.82) is 0 Å². The van der Waals surface area contributed by atoms with Crippen molar-refractivity contribution in [2.24, 2.45) is 0 Å². The molecule has 26 heavy (non-hydrogen) atoms. The summed E-state index contributed by atoms with van der Waals surface area (Å²) >= 11 is 5.18. The van der Waals surface area contributed by atoms with Gasteiger partial charge in [-0.05, 0) is 44.0 Å². The van der Waals surface area contributed by atoms with E-state index in [1.54, 1.807) is 11.8 Å². The standard InChI is InChI=1S/C19H24BrN3O2S/c1-13-9-18(14(2)8-17(13)20)26-12-19(24)23-6-4-22(5-7-23)11-16-10-15(3)21-25-16/h8-10H,4-7,11-12H2,1-3H3. The van der Waals surface area contributed by atoms with Crippen LogP contribution in [-0.4, -0.2) is 52.8 Å². The van der Waals surface area contributed by atoms with Crippen molar-refractivity contribution in [3.63, 3.8) is 0 Å². The van der Waals surface area contributed by atoms with Crippen LogP contribution in [0.15, 0.2) is 32.1 Å². The van der Waals surface area contributed by atoms with Crippen LogP contribution in [0.4, 0.5) is 0 Å². The van der Waals surface area contributed by atoms with E-state index >= 15 is 0 Å². The van der Waals surface area contributed by atoms with Gasteiger partial charge in [0.15, 0.2) is 5.76 Å². The molecule has 3 rings (SSSR count). The van der Waals surface area contributed by atoms with E-state index in [0.717, 1.165) is 48.7 Å². The zero-order valence-corrected chi connectivity index (χ0v) is 17.8. The van der Waals surface area contributed by atoms with Crippen LogP contribution in [0.3, 0.4) is 0 Å². The number of hydrogen-bond donors (Lipinski definition) is 0. The molecular weight excluding hydrogens is 414 g/mol. The summed E-state index contributed by atoms with van der Waals surface area (Å²) in [5.41, 5.74) is 3.30. The van der Waals surface area contributed by atoms with Gasteiger partial charge in [-0.15, -0.1) is 11.8 Å². The number of halogens is 1. The number of benzene rings is 1. The lowest BCUT2D eigenvalue weighted by Gasteiger charge is -2.34. The Labute approximate surface area is 167 Å². The average Bonchev–Trinajstić information content (AvgIpc) is 3.02. The molecule has 1 fully saturated rings. The van der Waals surface area contributed by atoms with E-state index in [1.807, 2.05) is 17.9 Å². The fourth-order valence-electron chi connectivity index (χ4n) is 3.01. The summed E-state index contributed by atoms with van der Waals surface area (Å²) in [5, 5.41) is 3.93. The Morgan fingerprint density at radius 3 is 2.54 bits per heavy atom. The second kappa shape index (κ2) is 8.59. The van der Waals surface area contributed by atoms with Gasteiger partial charge in [0, 0.05) is 41.6 Å². The predicted octanol–water partition coefficient (Wildman–Crippen LogP) is 3.80. The highest BCUT2D eigenvalue weighted by Crippen LogP contribution is 2.28. The summed E-state index contributed by atoms with van der Waals surface area (Å²) in [7, 11) is 0. The largest absolute Gasteiger partial charge is 0.360 e. The fraction of sp³-hybridized carbons (Fsp3) is 0.474. The van der Waals surface area contributed by atoms with Crippen LogP contribution < -0.4 is 0 Å². The van der Waals surface area contributed by atoms with Crippen molar-refractivity contribution in [1.82, 2.24) is 15.0 Å². The highest BCUT2D eigenvalue weighted by Gasteiger charge is 2.22. The smallest absolute Gasteiger partial charge is 0.233 e. The molecule has 1 aliphatic heterocycles. The highest BCUT2D eigenvalue weighted by atomic mass is 79.9. The number of amides is 1. The van der Waals surface area contributed by atoms with E-state index in [-0.39, 0.29) is 5.91 Å². The van der Waals surface area contributed by atoms with Crippen LogP contribution in [0, 0.1) is 20.8 Å². The number of piperazine rings is 1. The lowest BCUT2D eigenvalue weighted by molar-refractivity contribution is -0.130. The molecule has 5 nitrogen and oxygen atoms in total. The van der Waals surface area contributed by atoms with Crippen LogP contribution in [0.1, 0.15) is 22.6 Å². The zero-order chi connectivity index (χ0) is 18.7. The quantitative estimate of drug-likeness (QED) is 0.665. The number of thioether (sulfide) groups is 1. The molecule has 0 spiro atoms. The average molecular weight is 438 g/mol. The van der Waals surface area contributed by atoms with E-state index < -0.39 is 0 Å². The van der Waals surface area contributed by atoms with Crippen LogP contribution in [0.25, 0.3) is 0 Å². The molecule has 2 heterocycles. The molecular formula is C19H24BrN3O2S. The Hall–Kier alpha value is -1.31. The third kappa shape index (κ3) is 4.90. The highest BCUT2D eigenvalue weighted by molar-refractivity contribution is 9.10. The summed E-state index contributed by atoms with van der Waals surface area (Å²) in [4.78, 5) is 18.0. The summed E-state index contributed by atoms with van der Waals surface area (Å²) in [6.45, 7) is 10.1. The molecule has 0 radical (unpaired) electrons. The van der Waals surface area contributed by atoms with Crippen LogP contribution in [0.5, 0.6) is 0 Å². The van der Waals surface area contributed by atoms with Gasteiger partial charge in [0.25, 0.3) is 0 Å². The number of carbonyl (C=O) groups excluding carboxylic acids is 1. The number of hydrogen-bond acceptors (Lipinski definition) is 5. The molecule has 140 valence electrons. The normalized spacial score (nSPS) is 15.5. The molecule has 1 aromatic carbocycles. The lowest BCUT2D eigenvalue weighted by Crippen LogP contribution is -2.48. The fourth-order valence-corrected chi connectivity index (χ4v) is 4.47. The molecule has 0 bridgehead atoms. The first kappa shape index (κ1) is 19.5. The Balaban J connectivity index is 1.47. The van der Waals surface area contributed by atoms with Crippen molar-refractivity contribution >= 4 is 33.6 Å². The number of carbonyl (C=O) groups is 1. The molecule has 2 aromatic rings. The van der Waals surface area contributed by atoms with E-state index in [0.29, 0.717) is 5.75 Å². The van der Waals surface area contributed by atoms with Gasteiger partial charge >= 0.3 is 0 Å². The zero-order valence-electron chi connectivity index (χ0n) is 15.4. The van der Waals surface area contributed by atoms with E-state index in [4.69, 9.17) is 4.52 Å². The number of aryl methyl sites for hydroxylation is 3. The minimum atomic E-state index is 0.213. The third-order valence-corrected chi connectivity index (χ3v) is 6.59. The van der Waals surface area contributed by atoms with Crippen LogP contribution >= 0.6 is 27.7 Å². The molecule has 1 amide bonds. The van der Waals surface area contributed by atoms with Crippen molar-refractivity contribution in [3.05, 3.63) is 45.3 Å². The van der Waals surface area contributed by atoms with E-state index in [2.05, 4.69) is 52.0 Å². The minimum absolute atomic E-state index is 0.213. The molecule has 0 atom stereocenters. The third-order valence-electron chi connectivity index (χ3n) is 4.59. The molecule has 7 heteroatoms. The van der Waals surface area contributed by atoms with E-state index in [1.165, 1.54) is 16.0 Å². The molecule has 1 aliphatic rings. The van der Waals surface area contributed by atoms with Gasteiger partial charge < -0.3 is 9.42 Å². The van der Waals surface area contributed by atoms with Crippen LogP contribution in [-0.2, 0) is 11.3 Å². The van der Waals surface area contributed by atoms with Gasteiger partial charge in [0.1, 0.15) is 0 Å². The maximum absolute atomic E-state index is 12.6. The van der Waals surface area contributed by atoms with Gasteiger partial charge in [0.2, 0.25) is 5.91 Å². The Kier molecular flexibility index (Phi) is 6.42. The lowest BCUT2D eigenvalue weighted by atomic mass is 10.2. The van der Waals surface area contributed by atoms with Crippen molar-refractivity contribution in [2.75, 3.05) is 31.9 Å². The predicted molar refractivity (Wildman–Crippen MR) is 107 cm³/mol. The van der Waals surface area contributed by atoms with Crippen LogP contribution in [0.2, 0.25) is 0 Å². The maximum Gasteiger partial charge on any atom is 0.233 e. The summed E-state index contributed by atoms with van der Waals surface area (Å²) < 4.78 is 6.39. The van der Waals surface area contributed by atoms with Gasteiger partial charge in [-0.1, -0.05) is 21.1 Å². The second-order valence-electron chi connectivity index (χ2n) is 6.75. The summed E-state index contributed by atoms with van der Waals surface area (Å²) in [5.74, 6) is 1.59. The monoisotopic (exact) mass is 437 g/mol. The van der Waals surface area contributed by atoms with Gasteiger partial charge in [-0.2, -0.15) is 0 Å². The number of aromatic nitrogens is 1. The first-order valence-electron chi connectivity index (χ1n) is 8.74. The summed E-state index contributed by atoms with van der Waals surface area (Å²) in [6.07, 6.45) is 0. The molecule has 0 saturated carbocycles. The number of rotatable bonds is 5. The SMILES string of the molecule is Cc1cc(CN2CCN(C(=O)CSc3cc(C)c(Br)cc3C)CC2)on1.